The van der Waals surface area contributed by atoms with Crippen LogP contribution in [-0.4, -0.2) is 18.9 Å². The standard InChI is InChI=1S/C8H15N2.Y/c1-8(2,3)7-9-5-4-6-10-7;/h4-6H2,1-3H3;/q-1;. The number of rotatable bonds is 0. The molecule has 0 atom stereocenters. The molecule has 0 amide bonds. The summed E-state index contributed by atoms with van der Waals surface area (Å²) in [5, 5.41) is 4.35. The van der Waals surface area contributed by atoms with Crippen LogP contribution in [0.15, 0.2) is 4.99 Å². The molecule has 0 saturated heterocycles. The monoisotopic (exact) mass is 228 g/mol. The minimum absolute atomic E-state index is 0. The molecule has 1 heterocycles. The van der Waals surface area contributed by atoms with E-state index in [1.54, 1.807) is 0 Å². The first-order chi connectivity index (χ1) is 4.61. The first-order valence-corrected chi connectivity index (χ1v) is 3.83. The second-order valence-electron chi connectivity index (χ2n) is 3.69. The van der Waals surface area contributed by atoms with Gasteiger partial charge in [-0.05, 0) is 5.41 Å². The molecule has 1 radical (unpaired) electrons. The molecule has 0 unspecified atom stereocenters. The number of aliphatic imine (C=N–C) groups is 1. The van der Waals surface area contributed by atoms with Gasteiger partial charge in [-0.15, -0.1) is 0 Å². The third-order valence-electron chi connectivity index (χ3n) is 1.51. The third-order valence-corrected chi connectivity index (χ3v) is 1.51. The zero-order valence-electron chi connectivity index (χ0n) is 7.59. The molecule has 0 aromatic carbocycles. The second kappa shape index (κ2) is 4.56. The van der Waals surface area contributed by atoms with Gasteiger partial charge in [0.2, 0.25) is 0 Å². The normalized spacial score (nSPS) is 17.9. The molecule has 0 N–H and O–H groups in total. The Kier molecular flexibility index (Phi) is 4.80. The van der Waals surface area contributed by atoms with E-state index in [4.69, 9.17) is 0 Å². The summed E-state index contributed by atoms with van der Waals surface area (Å²) in [4.78, 5) is 4.35. The van der Waals surface area contributed by atoms with Crippen LogP contribution in [0.1, 0.15) is 27.2 Å². The number of hydrogen-bond acceptors (Lipinski definition) is 1. The summed E-state index contributed by atoms with van der Waals surface area (Å²) in [6.45, 7) is 8.40. The SMILES string of the molecule is CC(C)(C)C1=NCCC[N-]1.[Y]. The summed E-state index contributed by atoms with van der Waals surface area (Å²) < 4.78 is 0. The predicted octanol–water partition coefficient (Wildman–Crippen LogP) is 2.21. The Balaban J connectivity index is 0.000001000. The fourth-order valence-corrected chi connectivity index (χ4v) is 0.965. The van der Waals surface area contributed by atoms with Crippen molar-refractivity contribution >= 4 is 5.84 Å². The molecule has 1 aliphatic heterocycles. The summed E-state index contributed by atoms with van der Waals surface area (Å²) in [6, 6.07) is 0. The second-order valence-corrected chi connectivity index (χ2v) is 3.69. The Bertz CT molecular complexity index is 147. The van der Waals surface area contributed by atoms with Gasteiger partial charge in [-0.25, -0.2) is 0 Å². The summed E-state index contributed by atoms with van der Waals surface area (Å²) in [5.74, 6) is 1.04. The zero-order valence-corrected chi connectivity index (χ0v) is 10.4. The van der Waals surface area contributed by atoms with E-state index < -0.39 is 0 Å². The predicted molar refractivity (Wildman–Crippen MR) is 44.6 cm³/mol. The van der Waals surface area contributed by atoms with Crippen molar-refractivity contribution in [3.63, 3.8) is 0 Å². The molecule has 1 rings (SSSR count). The number of amidine groups is 1. The van der Waals surface area contributed by atoms with Gasteiger partial charge in [-0.2, -0.15) is 0 Å². The van der Waals surface area contributed by atoms with Gasteiger partial charge in [0, 0.05) is 32.7 Å². The fraction of sp³-hybridized carbons (Fsp3) is 0.875. The molecule has 3 heteroatoms. The van der Waals surface area contributed by atoms with Crippen LogP contribution in [0, 0.1) is 5.41 Å². The van der Waals surface area contributed by atoms with E-state index in [9.17, 15) is 0 Å². The molecular formula is C8H15N2Y-. The van der Waals surface area contributed by atoms with E-state index in [-0.39, 0.29) is 38.1 Å². The smallest absolute Gasteiger partial charge is 0 e. The molecular weight excluding hydrogens is 213 g/mol. The molecule has 0 aromatic heterocycles. The van der Waals surface area contributed by atoms with Gasteiger partial charge in [0.05, 0.1) is 0 Å². The average Bonchev–Trinajstić information content (AvgIpc) is 1.88. The van der Waals surface area contributed by atoms with Crippen molar-refractivity contribution in [3.8, 4) is 0 Å². The van der Waals surface area contributed by atoms with E-state index in [0.717, 1.165) is 25.3 Å². The Morgan fingerprint density at radius 1 is 1.36 bits per heavy atom. The van der Waals surface area contributed by atoms with Gasteiger partial charge < -0.3 is 10.3 Å². The van der Waals surface area contributed by atoms with E-state index in [1.165, 1.54) is 0 Å². The summed E-state index contributed by atoms with van der Waals surface area (Å²) in [7, 11) is 0. The van der Waals surface area contributed by atoms with Gasteiger partial charge in [0.1, 0.15) is 0 Å². The Morgan fingerprint density at radius 2 is 2.00 bits per heavy atom. The molecule has 0 aromatic rings. The van der Waals surface area contributed by atoms with Gasteiger partial charge in [-0.1, -0.05) is 46.1 Å². The van der Waals surface area contributed by atoms with Crippen molar-refractivity contribution in [2.24, 2.45) is 10.4 Å². The molecule has 0 fully saturated rings. The molecule has 0 saturated carbocycles. The Labute approximate surface area is 94.1 Å². The molecule has 0 aliphatic carbocycles. The van der Waals surface area contributed by atoms with Crippen molar-refractivity contribution in [2.75, 3.05) is 13.1 Å². The zero-order chi connectivity index (χ0) is 7.61. The fourth-order valence-electron chi connectivity index (χ4n) is 0.965. The average molecular weight is 228 g/mol. The van der Waals surface area contributed by atoms with Crippen LogP contribution in [0.3, 0.4) is 0 Å². The Hall–Kier alpha value is 0.574. The molecule has 0 spiro atoms. The van der Waals surface area contributed by atoms with Crippen LogP contribution in [0.5, 0.6) is 0 Å². The van der Waals surface area contributed by atoms with Crippen LogP contribution < -0.4 is 0 Å². The van der Waals surface area contributed by atoms with Crippen molar-refractivity contribution in [2.45, 2.75) is 27.2 Å². The third kappa shape index (κ3) is 3.66. The summed E-state index contributed by atoms with van der Waals surface area (Å²) in [5.41, 5.74) is 0.153. The van der Waals surface area contributed by atoms with E-state index in [2.05, 4.69) is 31.1 Å². The minimum atomic E-state index is 0. The van der Waals surface area contributed by atoms with Gasteiger partial charge in [0.25, 0.3) is 0 Å². The summed E-state index contributed by atoms with van der Waals surface area (Å²) in [6.07, 6.45) is 1.12. The van der Waals surface area contributed by atoms with Crippen molar-refractivity contribution in [1.29, 1.82) is 0 Å². The maximum Gasteiger partial charge on any atom is 0 e. The largest absolute Gasteiger partial charge is 0.469 e. The molecule has 1 aliphatic rings. The van der Waals surface area contributed by atoms with E-state index in [1.807, 2.05) is 0 Å². The van der Waals surface area contributed by atoms with Crippen LogP contribution in [0.2, 0.25) is 0 Å². The quantitative estimate of drug-likeness (QED) is 0.607. The molecule has 61 valence electrons. The van der Waals surface area contributed by atoms with Crippen LogP contribution >= 0.6 is 0 Å². The number of hydrogen-bond donors (Lipinski definition) is 0. The van der Waals surface area contributed by atoms with E-state index >= 15 is 0 Å². The first kappa shape index (κ1) is 11.6. The maximum atomic E-state index is 4.35. The summed E-state index contributed by atoms with van der Waals surface area (Å²) >= 11 is 0. The van der Waals surface area contributed by atoms with Crippen molar-refractivity contribution in [3.05, 3.63) is 5.32 Å². The molecule has 2 nitrogen and oxygen atoms in total. The van der Waals surface area contributed by atoms with Crippen LogP contribution in [0.4, 0.5) is 0 Å². The topological polar surface area (TPSA) is 26.5 Å². The van der Waals surface area contributed by atoms with Gasteiger partial charge in [-0.3, -0.25) is 0 Å². The molecule has 11 heavy (non-hydrogen) atoms. The van der Waals surface area contributed by atoms with Gasteiger partial charge >= 0.3 is 0 Å². The van der Waals surface area contributed by atoms with Crippen LogP contribution in [-0.2, 0) is 32.7 Å². The minimum Gasteiger partial charge on any atom is -0.469 e. The molecule has 0 bridgehead atoms. The van der Waals surface area contributed by atoms with Crippen LogP contribution in [0.25, 0.3) is 5.32 Å². The van der Waals surface area contributed by atoms with E-state index in [0.29, 0.717) is 0 Å². The first-order valence-electron chi connectivity index (χ1n) is 3.83. The van der Waals surface area contributed by atoms with Crippen molar-refractivity contribution < 1.29 is 32.7 Å². The Morgan fingerprint density at radius 3 is 2.27 bits per heavy atom. The van der Waals surface area contributed by atoms with Gasteiger partial charge in [0.15, 0.2) is 0 Å². The van der Waals surface area contributed by atoms with Crippen molar-refractivity contribution in [1.82, 2.24) is 0 Å². The maximum absolute atomic E-state index is 4.35. The number of nitrogens with zero attached hydrogens (tertiary/aromatic N) is 2.